The van der Waals surface area contributed by atoms with Crippen LogP contribution in [0.1, 0.15) is 12.8 Å². The fraction of sp³-hybridized carbons (Fsp3) is 0.583. The lowest BCUT2D eigenvalue weighted by Crippen LogP contribution is -2.42. The SMILES string of the molecule is C=C(/C=C\N(C)C)C(=O)NC1CCNCC1. The van der Waals surface area contributed by atoms with Crippen molar-refractivity contribution in [1.29, 1.82) is 0 Å². The quantitative estimate of drug-likeness (QED) is 0.538. The summed E-state index contributed by atoms with van der Waals surface area (Å²) in [4.78, 5) is 13.6. The number of nitrogens with one attached hydrogen (secondary N) is 2. The maximum absolute atomic E-state index is 11.7. The Hall–Kier alpha value is -1.29. The smallest absolute Gasteiger partial charge is 0.250 e. The van der Waals surface area contributed by atoms with Crippen LogP contribution in [0.5, 0.6) is 0 Å². The van der Waals surface area contributed by atoms with Gasteiger partial charge in [0.2, 0.25) is 0 Å². The monoisotopic (exact) mass is 223 g/mol. The minimum atomic E-state index is -0.0648. The Balaban J connectivity index is 2.36. The number of carbonyl (C=O) groups is 1. The lowest BCUT2D eigenvalue weighted by Gasteiger charge is -2.23. The molecular weight excluding hydrogens is 202 g/mol. The third-order valence-electron chi connectivity index (χ3n) is 2.54. The Labute approximate surface area is 97.4 Å². The van der Waals surface area contributed by atoms with Crippen molar-refractivity contribution in [2.75, 3.05) is 27.2 Å². The van der Waals surface area contributed by atoms with Gasteiger partial charge in [-0.05, 0) is 38.2 Å². The van der Waals surface area contributed by atoms with Crippen LogP contribution in [0.15, 0.2) is 24.4 Å². The number of piperidine rings is 1. The first-order valence-electron chi connectivity index (χ1n) is 5.64. The third kappa shape index (κ3) is 4.49. The highest BCUT2D eigenvalue weighted by Gasteiger charge is 2.15. The Morgan fingerprint density at radius 1 is 1.44 bits per heavy atom. The van der Waals surface area contributed by atoms with E-state index in [-0.39, 0.29) is 5.91 Å². The summed E-state index contributed by atoms with van der Waals surface area (Å²) in [5.41, 5.74) is 0.507. The summed E-state index contributed by atoms with van der Waals surface area (Å²) in [6, 6.07) is 0.290. The molecule has 0 spiro atoms. The van der Waals surface area contributed by atoms with Crippen LogP contribution in [0.3, 0.4) is 0 Å². The first-order valence-corrected chi connectivity index (χ1v) is 5.64. The van der Waals surface area contributed by atoms with Gasteiger partial charge in [0.05, 0.1) is 0 Å². The minimum Gasteiger partial charge on any atom is -0.383 e. The molecule has 1 rings (SSSR count). The van der Waals surface area contributed by atoms with E-state index in [2.05, 4.69) is 17.2 Å². The zero-order valence-electron chi connectivity index (χ0n) is 10.1. The lowest BCUT2D eigenvalue weighted by atomic mass is 10.1. The second-order valence-electron chi connectivity index (χ2n) is 4.30. The molecule has 0 atom stereocenters. The van der Waals surface area contributed by atoms with Crippen LogP contribution >= 0.6 is 0 Å². The normalized spacial score (nSPS) is 17.4. The topological polar surface area (TPSA) is 44.4 Å². The number of nitrogens with zero attached hydrogens (tertiary/aromatic N) is 1. The van der Waals surface area contributed by atoms with Crippen LogP contribution < -0.4 is 10.6 Å². The van der Waals surface area contributed by atoms with Gasteiger partial charge >= 0.3 is 0 Å². The molecule has 0 aromatic carbocycles. The Morgan fingerprint density at radius 2 is 2.06 bits per heavy atom. The van der Waals surface area contributed by atoms with Gasteiger partial charge in [0.1, 0.15) is 0 Å². The highest BCUT2D eigenvalue weighted by atomic mass is 16.1. The van der Waals surface area contributed by atoms with Crippen LogP contribution in [0.2, 0.25) is 0 Å². The second kappa shape index (κ2) is 6.33. The van der Waals surface area contributed by atoms with E-state index >= 15 is 0 Å². The molecule has 16 heavy (non-hydrogen) atoms. The molecule has 1 heterocycles. The van der Waals surface area contributed by atoms with E-state index in [0.717, 1.165) is 25.9 Å². The van der Waals surface area contributed by atoms with Crippen molar-refractivity contribution in [2.45, 2.75) is 18.9 Å². The molecule has 4 heteroatoms. The Morgan fingerprint density at radius 3 is 2.62 bits per heavy atom. The minimum absolute atomic E-state index is 0.0648. The maximum atomic E-state index is 11.7. The molecule has 90 valence electrons. The molecule has 0 unspecified atom stereocenters. The van der Waals surface area contributed by atoms with Crippen LogP contribution in [0.4, 0.5) is 0 Å². The molecular formula is C12H21N3O. The fourth-order valence-corrected chi connectivity index (χ4v) is 1.56. The molecule has 0 aromatic heterocycles. The van der Waals surface area contributed by atoms with Gasteiger partial charge in [-0.3, -0.25) is 4.79 Å². The molecule has 0 bridgehead atoms. The molecule has 0 radical (unpaired) electrons. The van der Waals surface area contributed by atoms with Crippen LogP contribution in [0.25, 0.3) is 0 Å². The molecule has 1 aliphatic heterocycles. The van der Waals surface area contributed by atoms with Crippen molar-refractivity contribution in [3.05, 3.63) is 24.4 Å². The highest BCUT2D eigenvalue weighted by molar-refractivity contribution is 5.95. The van der Waals surface area contributed by atoms with Gasteiger partial charge in [-0.25, -0.2) is 0 Å². The zero-order valence-corrected chi connectivity index (χ0v) is 10.1. The molecule has 1 fully saturated rings. The van der Waals surface area contributed by atoms with Crippen LogP contribution in [0, 0.1) is 0 Å². The largest absolute Gasteiger partial charge is 0.383 e. The molecule has 0 aliphatic carbocycles. The first kappa shape index (κ1) is 12.8. The molecule has 1 amide bonds. The summed E-state index contributed by atoms with van der Waals surface area (Å²) >= 11 is 0. The molecule has 2 N–H and O–H groups in total. The van der Waals surface area contributed by atoms with E-state index in [1.54, 1.807) is 6.08 Å². The van der Waals surface area contributed by atoms with Gasteiger partial charge < -0.3 is 15.5 Å². The van der Waals surface area contributed by atoms with E-state index in [0.29, 0.717) is 11.6 Å². The van der Waals surface area contributed by atoms with Crippen LogP contribution in [-0.4, -0.2) is 44.0 Å². The number of amides is 1. The second-order valence-corrected chi connectivity index (χ2v) is 4.30. The number of hydrogen-bond donors (Lipinski definition) is 2. The average molecular weight is 223 g/mol. The van der Waals surface area contributed by atoms with Gasteiger partial charge in [0.25, 0.3) is 5.91 Å². The van der Waals surface area contributed by atoms with E-state index in [1.165, 1.54) is 0 Å². The molecule has 4 nitrogen and oxygen atoms in total. The summed E-state index contributed by atoms with van der Waals surface area (Å²) in [5.74, 6) is -0.0648. The summed E-state index contributed by atoms with van der Waals surface area (Å²) in [6.45, 7) is 5.71. The average Bonchev–Trinajstić information content (AvgIpc) is 2.27. The van der Waals surface area contributed by atoms with E-state index in [4.69, 9.17) is 0 Å². The molecule has 0 saturated carbocycles. The Kier molecular flexibility index (Phi) is 5.05. The summed E-state index contributed by atoms with van der Waals surface area (Å²) < 4.78 is 0. The fourth-order valence-electron chi connectivity index (χ4n) is 1.56. The summed E-state index contributed by atoms with van der Waals surface area (Å²) in [7, 11) is 3.82. The number of hydrogen-bond acceptors (Lipinski definition) is 3. The number of rotatable bonds is 4. The zero-order chi connectivity index (χ0) is 12.0. The number of carbonyl (C=O) groups excluding carboxylic acids is 1. The van der Waals surface area contributed by atoms with Crippen LogP contribution in [-0.2, 0) is 4.79 Å². The van der Waals surface area contributed by atoms with Crippen molar-refractivity contribution in [3.63, 3.8) is 0 Å². The van der Waals surface area contributed by atoms with E-state index in [1.807, 2.05) is 25.2 Å². The summed E-state index contributed by atoms with van der Waals surface area (Å²) in [5, 5.41) is 6.26. The van der Waals surface area contributed by atoms with E-state index < -0.39 is 0 Å². The van der Waals surface area contributed by atoms with Gasteiger partial charge in [0.15, 0.2) is 0 Å². The third-order valence-corrected chi connectivity index (χ3v) is 2.54. The molecule has 0 aromatic rings. The van der Waals surface area contributed by atoms with Crippen molar-refractivity contribution >= 4 is 5.91 Å². The highest BCUT2D eigenvalue weighted by Crippen LogP contribution is 2.03. The van der Waals surface area contributed by atoms with Crippen molar-refractivity contribution in [1.82, 2.24) is 15.5 Å². The first-order chi connectivity index (χ1) is 7.59. The summed E-state index contributed by atoms with van der Waals surface area (Å²) in [6.07, 6.45) is 5.55. The Bertz CT molecular complexity index is 278. The van der Waals surface area contributed by atoms with Gasteiger partial charge in [-0.2, -0.15) is 0 Å². The van der Waals surface area contributed by atoms with Crippen molar-refractivity contribution in [2.24, 2.45) is 0 Å². The standard InChI is InChI=1S/C12H21N3O/c1-10(6-9-15(2)3)12(16)14-11-4-7-13-8-5-11/h6,9,11,13H,1,4-5,7-8H2,2-3H3,(H,14,16)/b9-6-. The predicted octanol–water partition coefficient (Wildman–Crippen LogP) is 0.486. The van der Waals surface area contributed by atoms with E-state index in [9.17, 15) is 4.79 Å². The maximum Gasteiger partial charge on any atom is 0.250 e. The van der Waals surface area contributed by atoms with Crippen molar-refractivity contribution < 1.29 is 4.79 Å². The van der Waals surface area contributed by atoms with Gasteiger partial charge in [-0.1, -0.05) is 6.58 Å². The van der Waals surface area contributed by atoms with Crippen molar-refractivity contribution in [3.8, 4) is 0 Å². The predicted molar refractivity (Wildman–Crippen MR) is 66.0 cm³/mol. The molecule has 1 aliphatic rings. The molecule has 1 saturated heterocycles. The lowest BCUT2D eigenvalue weighted by molar-refractivity contribution is -0.118. The van der Waals surface area contributed by atoms with Gasteiger partial charge in [0, 0.05) is 25.7 Å². The van der Waals surface area contributed by atoms with Gasteiger partial charge in [-0.15, -0.1) is 0 Å².